The average molecular weight is 412 g/mol. The predicted octanol–water partition coefficient (Wildman–Crippen LogP) is 3.26. The van der Waals surface area contributed by atoms with Gasteiger partial charge in [-0.3, -0.25) is 4.79 Å². The van der Waals surface area contributed by atoms with Crippen LogP contribution >= 0.6 is 12.4 Å². The number of likely N-dealkylation sites (tertiary alicyclic amines) is 1. The Kier molecular flexibility index (Phi) is 7.07. The summed E-state index contributed by atoms with van der Waals surface area (Å²) >= 11 is 0. The molecular formula is C21H30ClNO5. The highest BCUT2D eigenvalue weighted by atomic mass is 35.5. The minimum absolute atomic E-state index is 0. The molecular weight excluding hydrogens is 382 g/mol. The van der Waals surface area contributed by atoms with E-state index in [1.807, 2.05) is 6.07 Å². The van der Waals surface area contributed by atoms with Gasteiger partial charge in [0.25, 0.3) is 0 Å². The van der Waals surface area contributed by atoms with E-state index in [-0.39, 0.29) is 30.3 Å². The molecule has 4 rings (SSSR count). The molecule has 156 valence electrons. The molecule has 1 spiro atoms. The summed E-state index contributed by atoms with van der Waals surface area (Å²) in [5.74, 6) is 1.06. The molecule has 2 fully saturated rings. The van der Waals surface area contributed by atoms with Crippen molar-refractivity contribution in [2.75, 3.05) is 39.5 Å². The first kappa shape index (κ1) is 21.2. The van der Waals surface area contributed by atoms with Gasteiger partial charge in [-0.1, -0.05) is 6.07 Å². The summed E-state index contributed by atoms with van der Waals surface area (Å²) in [6.07, 6.45) is 5.88. The molecule has 0 aromatic heterocycles. The Morgan fingerprint density at radius 3 is 2.82 bits per heavy atom. The third-order valence-corrected chi connectivity index (χ3v) is 6.19. The Balaban J connectivity index is 0.00000225. The lowest BCUT2D eigenvalue weighted by Gasteiger charge is -2.38. The number of halogens is 1. The zero-order valence-corrected chi connectivity index (χ0v) is 17.0. The first-order chi connectivity index (χ1) is 13.1. The van der Waals surface area contributed by atoms with Crippen LogP contribution in [-0.4, -0.2) is 61.5 Å². The van der Waals surface area contributed by atoms with Crippen LogP contribution in [-0.2, 0) is 14.9 Å². The van der Waals surface area contributed by atoms with Crippen molar-refractivity contribution >= 4 is 18.4 Å². The van der Waals surface area contributed by atoms with E-state index in [0.717, 1.165) is 56.9 Å². The van der Waals surface area contributed by atoms with Gasteiger partial charge >= 0.3 is 5.97 Å². The molecule has 2 saturated heterocycles. The van der Waals surface area contributed by atoms with E-state index in [2.05, 4.69) is 17.0 Å². The molecule has 0 radical (unpaired) electrons. The van der Waals surface area contributed by atoms with E-state index in [9.17, 15) is 4.79 Å². The van der Waals surface area contributed by atoms with Gasteiger partial charge in [0, 0.05) is 30.2 Å². The second-order valence-corrected chi connectivity index (χ2v) is 8.01. The Hall–Kier alpha value is -1.50. The van der Waals surface area contributed by atoms with Crippen molar-refractivity contribution in [2.45, 2.75) is 50.0 Å². The summed E-state index contributed by atoms with van der Waals surface area (Å²) in [4.78, 5) is 13.0. The van der Waals surface area contributed by atoms with Gasteiger partial charge < -0.3 is 24.2 Å². The van der Waals surface area contributed by atoms with Crippen molar-refractivity contribution in [1.82, 2.24) is 4.90 Å². The first-order valence-electron chi connectivity index (χ1n) is 10.1. The average Bonchev–Trinajstić information content (AvgIpc) is 3.04. The molecule has 0 saturated carbocycles. The first-order valence-corrected chi connectivity index (χ1v) is 10.1. The van der Waals surface area contributed by atoms with Crippen molar-refractivity contribution in [3.63, 3.8) is 0 Å². The van der Waals surface area contributed by atoms with E-state index < -0.39 is 5.97 Å². The Morgan fingerprint density at radius 1 is 1.29 bits per heavy atom. The van der Waals surface area contributed by atoms with Gasteiger partial charge in [-0.2, -0.15) is 0 Å². The number of carboxylic acid groups (broad SMARTS) is 1. The lowest BCUT2D eigenvalue weighted by Crippen LogP contribution is -2.44. The van der Waals surface area contributed by atoms with Crippen LogP contribution in [0.5, 0.6) is 11.5 Å². The molecule has 3 heterocycles. The molecule has 3 aliphatic rings. The maximum Gasteiger partial charge on any atom is 0.304 e. The van der Waals surface area contributed by atoms with Gasteiger partial charge in [-0.05, 0) is 51.3 Å². The summed E-state index contributed by atoms with van der Waals surface area (Å²) in [6.45, 7) is 4.63. The minimum Gasteiger partial charge on any atom is -0.492 e. The summed E-state index contributed by atoms with van der Waals surface area (Å²) < 4.78 is 17.7. The summed E-state index contributed by atoms with van der Waals surface area (Å²) in [5, 5.41) is 8.87. The maximum absolute atomic E-state index is 10.8. The summed E-state index contributed by atoms with van der Waals surface area (Å²) in [5.41, 5.74) is 1.35. The number of fused-ring (bicyclic) bond motifs is 2. The summed E-state index contributed by atoms with van der Waals surface area (Å²) in [7, 11) is 0. The smallest absolute Gasteiger partial charge is 0.304 e. The van der Waals surface area contributed by atoms with Crippen LogP contribution in [0, 0.1) is 0 Å². The van der Waals surface area contributed by atoms with Gasteiger partial charge in [0.1, 0.15) is 18.1 Å². The van der Waals surface area contributed by atoms with Crippen LogP contribution in [0.4, 0.5) is 0 Å². The highest BCUT2D eigenvalue weighted by molar-refractivity contribution is 5.85. The van der Waals surface area contributed by atoms with Gasteiger partial charge in [-0.25, -0.2) is 0 Å². The number of rotatable bonds is 6. The SMILES string of the molecule is Cl.O=C(O)CCN1CCC2(CC1)COc1cc(OCC3CCCCO3)ccc12. The van der Waals surface area contributed by atoms with Crippen molar-refractivity contribution < 1.29 is 24.1 Å². The fraction of sp³-hybridized carbons (Fsp3) is 0.667. The molecule has 28 heavy (non-hydrogen) atoms. The number of nitrogens with zero attached hydrogens (tertiary/aromatic N) is 1. The number of carboxylic acids is 1. The number of piperidine rings is 1. The van der Waals surface area contributed by atoms with Crippen molar-refractivity contribution in [3.05, 3.63) is 23.8 Å². The van der Waals surface area contributed by atoms with E-state index >= 15 is 0 Å². The third-order valence-electron chi connectivity index (χ3n) is 6.19. The minimum atomic E-state index is -0.726. The molecule has 1 unspecified atom stereocenters. The topological polar surface area (TPSA) is 68.2 Å². The molecule has 7 heteroatoms. The Bertz CT molecular complexity index is 669. The lowest BCUT2D eigenvalue weighted by molar-refractivity contribution is -0.137. The molecule has 1 aromatic carbocycles. The third kappa shape index (κ3) is 4.73. The van der Waals surface area contributed by atoms with Crippen LogP contribution in [0.2, 0.25) is 0 Å². The second-order valence-electron chi connectivity index (χ2n) is 8.01. The highest BCUT2D eigenvalue weighted by Crippen LogP contribution is 2.46. The molecule has 0 amide bonds. The lowest BCUT2D eigenvalue weighted by atomic mass is 9.74. The zero-order valence-electron chi connectivity index (χ0n) is 16.2. The van der Waals surface area contributed by atoms with Gasteiger partial charge in [0.05, 0.1) is 19.1 Å². The van der Waals surface area contributed by atoms with Gasteiger partial charge in [-0.15, -0.1) is 12.4 Å². The van der Waals surface area contributed by atoms with Gasteiger partial charge in [0.2, 0.25) is 0 Å². The monoisotopic (exact) mass is 411 g/mol. The predicted molar refractivity (Wildman–Crippen MR) is 108 cm³/mol. The largest absolute Gasteiger partial charge is 0.492 e. The van der Waals surface area contributed by atoms with E-state index in [4.69, 9.17) is 19.3 Å². The van der Waals surface area contributed by atoms with E-state index in [1.54, 1.807) is 0 Å². The standard InChI is InChI=1S/C21H29NO5.ClH/c23-20(24)6-9-22-10-7-21(8-11-22)15-27-19-13-16(4-5-18(19)21)26-14-17-3-1-2-12-25-17;/h4-5,13,17H,1-3,6-12,14-15H2,(H,23,24);1H. The quantitative estimate of drug-likeness (QED) is 0.774. The maximum atomic E-state index is 10.8. The molecule has 1 aromatic rings. The van der Waals surface area contributed by atoms with Crippen LogP contribution in [0.15, 0.2) is 18.2 Å². The highest BCUT2D eigenvalue weighted by Gasteiger charge is 2.43. The Morgan fingerprint density at radius 2 is 2.11 bits per heavy atom. The van der Waals surface area contributed by atoms with Crippen molar-refractivity contribution in [1.29, 1.82) is 0 Å². The number of hydrogen-bond donors (Lipinski definition) is 1. The number of hydrogen-bond acceptors (Lipinski definition) is 5. The van der Waals surface area contributed by atoms with Crippen molar-refractivity contribution in [2.24, 2.45) is 0 Å². The molecule has 3 aliphatic heterocycles. The second kappa shape index (κ2) is 9.33. The zero-order chi connectivity index (χ0) is 18.7. The fourth-order valence-corrected chi connectivity index (χ4v) is 4.44. The van der Waals surface area contributed by atoms with Crippen LogP contribution < -0.4 is 9.47 Å². The molecule has 6 nitrogen and oxygen atoms in total. The van der Waals surface area contributed by atoms with Crippen LogP contribution in [0.3, 0.4) is 0 Å². The molecule has 1 atom stereocenters. The molecule has 0 bridgehead atoms. The number of benzene rings is 1. The van der Waals surface area contributed by atoms with Crippen LogP contribution in [0.25, 0.3) is 0 Å². The van der Waals surface area contributed by atoms with Crippen molar-refractivity contribution in [3.8, 4) is 11.5 Å². The normalized spacial score (nSPS) is 23.5. The fourth-order valence-electron chi connectivity index (χ4n) is 4.44. The number of ether oxygens (including phenoxy) is 3. The summed E-state index contributed by atoms with van der Waals surface area (Å²) in [6, 6.07) is 6.23. The van der Waals surface area contributed by atoms with E-state index in [1.165, 1.54) is 12.0 Å². The molecule has 0 aliphatic carbocycles. The molecule has 1 N–H and O–H groups in total. The van der Waals surface area contributed by atoms with Crippen LogP contribution in [0.1, 0.15) is 44.1 Å². The number of aliphatic carboxylic acids is 1. The number of carbonyl (C=O) groups is 1. The van der Waals surface area contributed by atoms with Gasteiger partial charge in [0.15, 0.2) is 0 Å². The van der Waals surface area contributed by atoms with E-state index in [0.29, 0.717) is 19.8 Å². The Labute approximate surface area is 172 Å².